The van der Waals surface area contributed by atoms with Crippen molar-refractivity contribution in [1.29, 1.82) is 0 Å². The van der Waals surface area contributed by atoms with Crippen LogP contribution in [0.25, 0.3) is 0 Å². The Bertz CT molecular complexity index is 194. The molecule has 0 unspecified atom stereocenters. The van der Waals surface area contributed by atoms with Crippen LogP contribution < -0.4 is 0 Å². The Morgan fingerprint density at radius 1 is 1.36 bits per heavy atom. The van der Waals surface area contributed by atoms with Crippen LogP contribution in [0.1, 0.15) is 52.4 Å². The van der Waals surface area contributed by atoms with E-state index in [9.17, 15) is 0 Å². The third-order valence-electron chi connectivity index (χ3n) is 3.75. The molecule has 0 aromatic carbocycles. The third kappa shape index (κ3) is 2.48. The molecule has 0 heterocycles. The van der Waals surface area contributed by atoms with Crippen LogP contribution in [0, 0.1) is 5.41 Å². The largest absolute Gasteiger partial charge is 0.427 e. The van der Waals surface area contributed by atoms with Crippen molar-refractivity contribution in [3.05, 3.63) is 11.6 Å². The van der Waals surface area contributed by atoms with E-state index >= 15 is 0 Å². The summed E-state index contributed by atoms with van der Waals surface area (Å²) < 4.78 is 5.54. The van der Waals surface area contributed by atoms with E-state index in [1.807, 2.05) is 0 Å². The van der Waals surface area contributed by atoms with Crippen molar-refractivity contribution in [1.82, 2.24) is 0 Å². The Kier molecular flexibility index (Phi) is 4.89. The molecule has 1 aliphatic carbocycles. The van der Waals surface area contributed by atoms with Crippen LogP contribution >= 0.6 is 0 Å². The van der Waals surface area contributed by atoms with E-state index in [2.05, 4.69) is 19.9 Å². The second-order valence-electron chi connectivity index (χ2n) is 4.40. The maximum atomic E-state index is 5.54. The second-order valence-corrected chi connectivity index (χ2v) is 4.97. The van der Waals surface area contributed by atoms with Gasteiger partial charge in [-0.1, -0.05) is 25.5 Å². The number of hydrogen-bond acceptors (Lipinski definition) is 1. The van der Waals surface area contributed by atoms with Gasteiger partial charge in [0.2, 0.25) is 0 Å². The Morgan fingerprint density at radius 3 is 2.50 bits per heavy atom. The zero-order valence-electron chi connectivity index (χ0n) is 9.94. The fourth-order valence-corrected chi connectivity index (χ4v) is 3.15. The Morgan fingerprint density at radius 2 is 2.07 bits per heavy atom. The highest BCUT2D eigenvalue weighted by Gasteiger charge is 2.30. The van der Waals surface area contributed by atoms with E-state index in [1.54, 1.807) is 5.57 Å². The molecule has 82 valence electrons. The molecule has 0 saturated heterocycles. The summed E-state index contributed by atoms with van der Waals surface area (Å²) in [5, 5.41) is 0. The van der Waals surface area contributed by atoms with Crippen LogP contribution in [0.2, 0.25) is 0 Å². The van der Waals surface area contributed by atoms with E-state index in [-0.39, 0.29) is 0 Å². The van der Waals surface area contributed by atoms with Gasteiger partial charge in [-0.2, -0.15) is 0 Å². The van der Waals surface area contributed by atoms with Gasteiger partial charge in [-0.3, -0.25) is 0 Å². The van der Waals surface area contributed by atoms with Crippen molar-refractivity contribution in [3.8, 4) is 0 Å². The van der Waals surface area contributed by atoms with Gasteiger partial charge in [0.15, 0.2) is 0 Å². The lowest BCUT2D eigenvalue weighted by molar-refractivity contribution is 0.173. The highest BCUT2D eigenvalue weighted by Crippen LogP contribution is 2.40. The summed E-state index contributed by atoms with van der Waals surface area (Å²) in [6, 6.07) is 0. The molecular weight excluding hydrogens is 188 g/mol. The standard InChI is InChI=1S/C12H24OSi/c1-3-12(4-2,10-13-14)11-8-6-5-7-9-11/h8H,3-7,9-10H2,1-2,14H3. The predicted molar refractivity (Wildman–Crippen MR) is 65.5 cm³/mol. The average Bonchev–Trinajstić information content (AvgIpc) is 2.27. The lowest BCUT2D eigenvalue weighted by Crippen LogP contribution is -2.28. The van der Waals surface area contributed by atoms with Gasteiger partial charge in [0.25, 0.3) is 0 Å². The van der Waals surface area contributed by atoms with E-state index in [0.29, 0.717) is 5.41 Å². The molecule has 2 heteroatoms. The fourth-order valence-electron chi connectivity index (χ4n) is 2.60. The zero-order chi connectivity index (χ0) is 10.4. The highest BCUT2D eigenvalue weighted by atomic mass is 28.2. The third-order valence-corrected chi connectivity index (χ3v) is 4.04. The summed E-state index contributed by atoms with van der Waals surface area (Å²) in [4.78, 5) is 0. The highest BCUT2D eigenvalue weighted by molar-refractivity contribution is 5.98. The van der Waals surface area contributed by atoms with Crippen LogP contribution in [0.4, 0.5) is 0 Å². The van der Waals surface area contributed by atoms with Gasteiger partial charge in [0.05, 0.1) is 0 Å². The predicted octanol–water partition coefficient (Wildman–Crippen LogP) is 2.59. The molecule has 1 nitrogen and oxygen atoms in total. The quantitative estimate of drug-likeness (QED) is 0.503. The van der Waals surface area contributed by atoms with Gasteiger partial charge in [0, 0.05) is 12.0 Å². The first-order valence-corrected chi connectivity index (χ1v) is 6.79. The summed E-state index contributed by atoms with van der Waals surface area (Å²) in [5.41, 5.74) is 2.06. The minimum Gasteiger partial charge on any atom is -0.427 e. The Labute approximate surface area is 91.5 Å². The van der Waals surface area contributed by atoms with Gasteiger partial charge < -0.3 is 4.43 Å². The van der Waals surface area contributed by atoms with Crippen LogP contribution in [-0.2, 0) is 4.43 Å². The van der Waals surface area contributed by atoms with E-state index in [4.69, 9.17) is 4.43 Å². The smallest absolute Gasteiger partial charge is 0.146 e. The average molecular weight is 212 g/mol. The summed E-state index contributed by atoms with van der Waals surface area (Å²) in [5.74, 6) is 0. The molecule has 0 radical (unpaired) electrons. The molecule has 1 rings (SSSR count). The van der Waals surface area contributed by atoms with E-state index in [0.717, 1.165) is 17.1 Å². The number of rotatable bonds is 5. The first-order valence-electron chi connectivity index (χ1n) is 5.97. The molecule has 0 atom stereocenters. The van der Waals surface area contributed by atoms with Gasteiger partial charge in [0.1, 0.15) is 10.5 Å². The first kappa shape index (κ1) is 12.0. The molecule has 0 aromatic heterocycles. The normalized spacial score (nSPS) is 18.3. The summed E-state index contributed by atoms with van der Waals surface area (Å²) in [6.07, 6.45) is 10.3. The fraction of sp³-hybridized carbons (Fsp3) is 0.833. The van der Waals surface area contributed by atoms with Gasteiger partial charge in [-0.15, -0.1) is 0 Å². The van der Waals surface area contributed by atoms with Crippen molar-refractivity contribution in [2.75, 3.05) is 6.61 Å². The maximum absolute atomic E-state index is 5.54. The van der Waals surface area contributed by atoms with E-state index < -0.39 is 0 Å². The minimum absolute atomic E-state index is 0.377. The molecule has 0 saturated carbocycles. The molecule has 0 N–H and O–H groups in total. The Balaban J connectivity index is 2.78. The number of allylic oxidation sites excluding steroid dienone is 1. The molecule has 0 amide bonds. The number of hydrogen-bond donors (Lipinski definition) is 0. The first-order chi connectivity index (χ1) is 6.79. The lowest BCUT2D eigenvalue weighted by atomic mass is 9.72. The second kappa shape index (κ2) is 5.71. The van der Waals surface area contributed by atoms with Crippen molar-refractivity contribution < 1.29 is 4.43 Å². The molecule has 0 bridgehead atoms. The minimum atomic E-state index is 0.377. The van der Waals surface area contributed by atoms with E-state index in [1.165, 1.54) is 38.5 Å². The maximum Gasteiger partial charge on any atom is 0.146 e. The van der Waals surface area contributed by atoms with Crippen LogP contribution in [0.5, 0.6) is 0 Å². The molecule has 0 aromatic rings. The van der Waals surface area contributed by atoms with Crippen LogP contribution in [-0.4, -0.2) is 17.1 Å². The van der Waals surface area contributed by atoms with Gasteiger partial charge >= 0.3 is 0 Å². The summed E-state index contributed by atoms with van der Waals surface area (Å²) in [7, 11) is 0.872. The van der Waals surface area contributed by atoms with Crippen molar-refractivity contribution in [2.24, 2.45) is 5.41 Å². The molecule has 1 aliphatic rings. The van der Waals surface area contributed by atoms with Crippen molar-refractivity contribution in [3.63, 3.8) is 0 Å². The molecule has 14 heavy (non-hydrogen) atoms. The zero-order valence-corrected chi connectivity index (χ0v) is 11.9. The SMILES string of the molecule is CCC(CC)(CO[SiH3])C1=CCCCC1. The van der Waals surface area contributed by atoms with Crippen molar-refractivity contribution in [2.45, 2.75) is 52.4 Å². The lowest BCUT2D eigenvalue weighted by Gasteiger charge is -2.36. The Hall–Kier alpha value is -0.0831. The van der Waals surface area contributed by atoms with Crippen LogP contribution in [0.3, 0.4) is 0 Å². The summed E-state index contributed by atoms with van der Waals surface area (Å²) in [6.45, 7) is 5.57. The van der Waals surface area contributed by atoms with Crippen molar-refractivity contribution >= 4 is 10.5 Å². The van der Waals surface area contributed by atoms with Gasteiger partial charge in [-0.05, 0) is 38.5 Å². The summed E-state index contributed by atoms with van der Waals surface area (Å²) >= 11 is 0. The monoisotopic (exact) mass is 212 g/mol. The molecule has 0 fully saturated rings. The molecular formula is C12H24OSi. The molecule has 0 aliphatic heterocycles. The van der Waals surface area contributed by atoms with Gasteiger partial charge in [-0.25, -0.2) is 0 Å². The topological polar surface area (TPSA) is 9.23 Å². The molecule has 0 spiro atoms. The van der Waals surface area contributed by atoms with Crippen LogP contribution in [0.15, 0.2) is 11.6 Å².